The Labute approximate surface area is 178 Å². The number of aliphatic carboxylic acids is 1. The molecule has 25 heavy (non-hydrogen) atoms. The predicted molar refractivity (Wildman–Crippen MR) is 106 cm³/mol. The van der Waals surface area contributed by atoms with Gasteiger partial charge in [0.1, 0.15) is 0 Å². The molecule has 0 heterocycles. The van der Waals surface area contributed by atoms with E-state index in [1.807, 2.05) is 0 Å². The van der Waals surface area contributed by atoms with E-state index in [1.54, 1.807) is 0 Å². The van der Waals surface area contributed by atoms with Gasteiger partial charge in [-0.15, -0.1) is 0 Å². The van der Waals surface area contributed by atoms with E-state index in [0.717, 1.165) is 12.8 Å². The van der Waals surface area contributed by atoms with Crippen LogP contribution in [0, 0.1) is 0 Å². The largest absolute Gasteiger partial charge is 0.481 e. The van der Waals surface area contributed by atoms with Gasteiger partial charge in [0.15, 0.2) is 0 Å². The molecule has 0 bridgehead atoms. The molecule has 0 fully saturated rings. The normalized spacial score (nSPS) is 10.6. The van der Waals surface area contributed by atoms with Crippen LogP contribution in [0.25, 0.3) is 0 Å². The van der Waals surface area contributed by atoms with Crippen molar-refractivity contribution in [2.24, 2.45) is 0 Å². The number of carboxylic acid groups (broad SMARTS) is 1. The maximum absolute atomic E-state index is 10.4. The Morgan fingerprint density at radius 3 is 1.00 bits per heavy atom. The average Bonchev–Trinajstić information content (AvgIpc) is 2.56. The van der Waals surface area contributed by atoms with Crippen LogP contribution in [0.3, 0.4) is 0 Å². The Morgan fingerprint density at radius 1 is 0.520 bits per heavy atom. The molecule has 0 aliphatic heterocycles. The molecule has 0 aliphatic rings. The molecule has 0 aliphatic carbocycles. The van der Waals surface area contributed by atoms with Gasteiger partial charge < -0.3 is 5.11 Å². The van der Waals surface area contributed by atoms with Gasteiger partial charge in [0.25, 0.3) is 0 Å². The van der Waals surface area contributed by atoms with Crippen LogP contribution in [0.4, 0.5) is 0 Å². The molecule has 0 spiro atoms. The first-order valence-corrected chi connectivity index (χ1v) is 11.0. The van der Waals surface area contributed by atoms with E-state index in [4.69, 9.17) is 5.11 Å². The van der Waals surface area contributed by atoms with E-state index in [1.165, 1.54) is 109 Å². The zero-order valence-corrected chi connectivity index (χ0v) is 22.7. The van der Waals surface area contributed by atoms with Crippen LogP contribution in [0.2, 0.25) is 0 Å². The van der Waals surface area contributed by atoms with Gasteiger partial charge >= 0.3 is 5.97 Å². The van der Waals surface area contributed by atoms with Gasteiger partial charge in [0.2, 0.25) is 0 Å². The molecule has 0 saturated carbocycles. The van der Waals surface area contributed by atoms with E-state index in [0.29, 0.717) is 6.42 Å². The van der Waals surface area contributed by atoms with Crippen molar-refractivity contribution in [1.82, 2.24) is 0 Å². The van der Waals surface area contributed by atoms with Crippen molar-refractivity contribution in [1.29, 1.82) is 0 Å². The minimum Gasteiger partial charge on any atom is -0.481 e. The zero-order chi connectivity index (χ0) is 17.7. The summed E-state index contributed by atoms with van der Waals surface area (Å²) in [7, 11) is 0. The van der Waals surface area contributed by atoms with E-state index >= 15 is 0 Å². The minimum absolute atomic E-state index is 0. The van der Waals surface area contributed by atoms with Gasteiger partial charge in [-0.3, -0.25) is 4.79 Å². The summed E-state index contributed by atoms with van der Waals surface area (Å²) < 4.78 is 0. The number of unbranched alkanes of at least 4 members (excludes halogenated alkanes) is 18. The van der Waals surface area contributed by atoms with Crippen molar-refractivity contribution in [3.8, 4) is 0 Å². The first kappa shape index (κ1) is 27.6. The smallest absolute Gasteiger partial charge is 0.303 e. The van der Waals surface area contributed by atoms with Crippen LogP contribution in [-0.4, -0.2) is 11.1 Å². The fraction of sp³-hybridized carbons (Fsp3) is 0.955. The summed E-state index contributed by atoms with van der Waals surface area (Å²) in [5, 5.41) is 8.56. The van der Waals surface area contributed by atoms with Crippen molar-refractivity contribution < 1.29 is 37.6 Å². The van der Waals surface area contributed by atoms with Crippen LogP contribution < -0.4 is 0 Å². The zero-order valence-electron chi connectivity index (χ0n) is 17.2. The van der Waals surface area contributed by atoms with Crippen molar-refractivity contribution in [2.75, 3.05) is 0 Å². The predicted octanol–water partition coefficient (Wildman–Crippen LogP) is 7.89. The number of carbonyl (C=O) groups is 1. The van der Waals surface area contributed by atoms with Crippen molar-refractivity contribution in [3.63, 3.8) is 0 Å². The second-order valence-corrected chi connectivity index (χ2v) is 7.51. The van der Waals surface area contributed by atoms with E-state index < -0.39 is 5.97 Å². The number of hydrogen-bond donors (Lipinski definition) is 1. The topological polar surface area (TPSA) is 37.3 Å². The summed E-state index contributed by atoms with van der Waals surface area (Å²) in [4.78, 5) is 10.4. The molecule has 3 heteroatoms. The number of rotatable bonds is 20. The van der Waals surface area contributed by atoms with Gasteiger partial charge in [0, 0.05) is 34.1 Å². The second-order valence-electron chi connectivity index (χ2n) is 7.51. The second kappa shape index (κ2) is 24.4. The Hall–Kier alpha value is 0.405. The molecule has 0 saturated heterocycles. The molecule has 0 rings (SSSR count). The molecule has 0 unspecified atom stereocenters. The summed E-state index contributed by atoms with van der Waals surface area (Å²) in [6.07, 6.45) is 26.1. The van der Waals surface area contributed by atoms with Gasteiger partial charge in [-0.2, -0.15) is 0 Å². The number of hydrogen-bond acceptors (Lipinski definition) is 1. The molecule has 0 amide bonds. The molecule has 2 nitrogen and oxygen atoms in total. The van der Waals surface area contributed by atoms with E-state index in [2.05, 4.69) is 6.92 Å². The minimum atomic E-state index is -0.651. The third kappa shape index (κ3) is 26.7. The standard InChI is InChI=1S/C22H44O2.Hg/c1-2-3-4-5-6-7-8-9-10-11-12-13-14-15-16-17-18-19-20-21-22(23)24;/h2-21H2,1H3,(H,23,24);. The molecular formula is C22H44HgO2. The Bertz CT molecular complexity index is 256. The molecular weight excluding hydrogens is 497 g/mol. The quantitative estimate of drug-likeness (QED) is 0.126. The monoisotopic (exact) mass is 542 g/mol. The summed E-state index contributed by atoms with van der Waals surface area (Å²) in [5.41, 5.74) is 0. The van der Waals surface area contributed by atoms with Crippen LogP contribution in [0.5, 0.6) is 0 Å². The Kier molecular flexibility index (Phi) is 27.0. The van der Waals surface area contributed by atoms with Crippen LogP contribution in [0.1, 0.15) is 135 Å². The molecule has 0 aromatic rings. The fourth-order valence-electron chi connectivity index (χ4n) is 3.35. The summed E-state index contributed by atoms with van der Waals surface area (Å²) >= 11 is 0. The first-order chi connectivity index (χ1) is 11.8. The summed E-state index contributed by atoms with van der Waals surface area (Å²) in [6, 6.07) is 0. The third-order valence-electron chi connectivity index (χ3n) is 4.99. The average molecular weight is 541 g/mol. The number of carboxylic acids is 1. The van der Waals surface area contributed by atoms with Crippen LogP contribution >= 0.6 is 0 Å². The van der Waals surface area contributed by atoms with Gasteiger partial charge in [-0.1, -0.05) is 122 Å². The SMILES string of the molecule is CCCCCCCCCCCCCCCCCCCCCC(=O)O.[Hg]. The summed E-state index contributed by atoms with van der Waals surface area (Å²) in [5.74, 6) is -0.651. The molecule has 1 N–H and O–H groups in total. The van der Waals surface area contributed by atoms with Crippen LogP contribution in [-0.2, 0) is 32.5 Å². The molecule has 0 radical (unpaired) electrons. The first-order valence-electron chi connectivity index (χ1n) is 11.0. The van der Waals surface area contributed by atoms with Crippen LogP contribution in [0.15, 0.2) is 0 Å². The van der Waals surface area contributed by atoms with Gasteiger partial charge in [0.05, 0.1) is 0 Å². The Morgan fingerprint density at radius 2 is 0.760 bits per heavy atom. The van der Waals surface area contributed by atoms with Crippen molar-refractivity contribution >= 4 is 5.97 Å². The molecule has 0 aromatic heterocycles. The fourth-order valence-corrected chi connectivity index (χ4v) is 3.35. The van der Waals surface area contributed by atoms with Gasteiger partial charge in [-0.25, -0.2) is 0 Å². The summed E-state index contributed by atoms with van der Waals surface area (Å²) in [6.45, 7) is 2.28. The Balaban J connectivity index is 0. The van der Waals surface area contributed by atoms with E-state index in [-0.39, 0.29) is 27.7 Å². The molecule has 0 atom stereocenters. The third-order valence-corrected chi connectivity index (χ3v) is 4.99. The maximum atomic E-state index is 10.4. The van der Waals surface area contributed by atoms with Crippen molar-refractivity contribution in [3.05, 3.63) is 0 Å². The van der Waals surface area contributed by atoms with E-state index in [9.17, 15) is 4.79 Å². The van der Waals surface area contributed by atoms with Crippen molar-refractivity contribution in [2.45, 2.75) is 135 Å². The molecule has 146 valence electrons. The molecule has 0 aromatic carbocycles. The van der Waals surface area contributed by atoms with Gasteiger partial charge in [-0.05, 0) is 6.42 Å². The maximum Gasteiger partial charge on any atom is 0.303 e.